The molecule has 38 heavy (non-hydrogen) atoms. The highest BCUT2D eigenvalue weighted by Gasteiger charge is 2.37. The van der Waals surface area contributed by atoms with E-state index in [0.29, 0.717) is 41.5 Å². The van der Waals surface area contributed by atoms with E-state index in [4.69, 9.17) is 11.6 Å². The van der Waals surface area contributed by atoms with Crippen LogP contribution in [0.5, 0.6) is 0 Å². The number of hydrogen-bond donors (Lipinski definition) is 4. The van der Waals surface area contributed by atoms with E-state index in [1.54, 1.807) is 6.20 Å². The minimum Gasteiger partial charge on any atom is -0.392 e. The smallest absolute Gasteiger partial charge is 0.240 e. The number of hydrogen-bond acceptors (Lipinski definition) is 8. The van der Waals surface area contributed by atoms with Gasteiger partial charge in [0.2, 0.25) is 11.9 Å². The monoisotopic (exact) mass is 538 g/mol. The molecule has 10 nitrogen and oxygen atoms in total. The molecule has 202 valence electrons. The molecule has 0 saturated carbocycles. The van der Waals surface area contributed by atoms with Crippen molar-refractivity contribution in [3.8, 4) is 0 Å². The topological polar surface area (TPSA) is 122 Å². The predicted octanol–water partition coefficient (Wildman–Crippen LogP) is 4.04. The number of piperidine rings is 1. The molecular weight excluding hydrogens is 504 g/mol. The summed E-state index contributed by atoms with van der Waals surface area (Å²) in [6, 6.07) is 6.04. The Morgan fingerprint density at radius 2 is 1.89 bits per heavy atom. The molecule has 3 aromatic rings. The molecule has 4 N–H and O–H groups in total. The maximum atomic E-state index is 13.0. The van der Waals surface area contributed by atoms with E-state index in [-0.39, 0.29) is 11.9 Å². The summed E-state index contributed by atoms with van der Waals surface area (Å²) < 4.78 is 0. The number of aryl methyl sites for hydroxylation is 3. The molecule has 1 aromatic carbocycles. The fourth-order valence-electron chi connectivity index (χ4n) is 5.53. The second-order valence-electron chi connectivity index (χ2n) is 10.5. The third-order valence-electron chi connectivity index (χ3n) is 7.61. The number of H-pyrrole nitrogens is 1. The lowest BCUT2D eigenvalue weighted by atomic mass is 9.85. The molecule has 0 radical (unpaired) electrons. The summed E-state index contributed by atoms with van der Waals surface area (Å²) in [7, 11) is 1.92. The number of aromatic amines is 1. The Labute approximate surface area is 227 Å². The van der Waals surface area contributed by atoms with Gasteiger partial charge in [0.05, 0.1) is 18.3 Å². The number of rotatable bonds is 6. The summed E-state index contributed by atoms with van der Waals surface area (Å²) in [5, 5.41) is 23.9. The van der Waals surface area contributed by atoms with Crippen LogP contribution >= 0.6 is 11.6 Å². The number of likely N-dealkylation sites (tertiary alicyclic amines) is 2. The summed E-state index contributed by atoms with van der Waals surface area (Å²) in [4.78, 5) is 25.9. The van der Waals surface area contributed by atoms with Crippen molar-refractivity contribution in [1.29, 1.82) is 0 Å². The fraction of sp³-hybridized carbons (Fsp3) is 0.481. The zero-order chi connectivity index (χ0) is 27.0. The third kappa shape index (κ3) is 5.62. The van der Waals surface area contributed by atoms with E-state index in [1.807, 2.05) is 29.8 Å². The molecular formula is C27H35ClN8O2. The molecule has 1 amide bonds. The van der Waals surface area contributed by atoms with Crippen LogP contribution in [-0.4, -0.2) is 79.8 Å². The summed E-state index contributed by atoms with van der Waals surface area (Å²) in [6.45, 7) is 8.17. The number of amides is 1. The molecule has 0 spiro atoms. The van der Waals surface area contributed by atoms with Crippen LogP contribution in [0.15, 0.2) is 24.4 Å². The van der Waals surface area contributed by atoms with Crippen molar-refractivity contribution in [2.24, 2.45) is 0 Å². The van der Waals surface area contributed by atoms with Crippen LogP contribution in [0.2, 0.25) is 5.02 Å². The van der Waals surface area contributed by atoms with Gasteiger partial charge in [-0.15, -0.1) is 0 Å². The van der Waals surface area contributed by atoms with Crippen molar-refractivity contribution < 1.29 is 9.90 Å². The summed E-state index contributed by atoms with van der Waals surface area (Å²) in [5.41, 5.74) is 5.48. The van der Waals surface area contributed by atoms with Gasteiger partial charge in [-0.25, -0.2) is 4.98 Å². The zero-order valence-electron chi connectivity index (χ0n) is 22.3. The van der Waals surface area contributed by atoms with Gasteiger partial charge in [0.1, 0.15) is 5.02 Å². The standard InChI is InChI=1S/C27H35ClN8O2/c1-15-10-22(30-27-29-13-21(28)25(32-27)31-24-11-17(3)33-34-24)16(2)9-20(15)18-5-7-36(8-6-18)26(38)23-12-19(37)14-35(23)4/h9-11,13,18-19,23,37H,5-8,12,14H2,1-4H3,(H3,29,30,31,32,33,34)/t19-,23-/m1/s1. The number of β-amino-alcohol motifs (C(OH)–C–C–N with tert-alkyl or cyclic N) is 1. The first-order valence-corrected chi connectivity index (χ1v) is 13.4. The second-order valence-corrected chi connectivity index (χ2v) is 11.0. The first-order valence-electron chi connectivity index (χ1n) is 13.0. The van der Waals surface area contributed by atoms with Crippen LogP contribution in [0.25, 0.3) is 0 Å². The van der Waals surface area contributed by atoms with Crippen molar-refractivity contribution in [3.63, 3.8) is 0 Å². The average molecular weight is 539 g/mol. The lowest BCUT2D eigenvalue weighted by Crippen LogP contribution is -2.47. The fourth-order valence-corrected chi connectivity index (χ4v) is 5.67. The number of halogens is 1. The minimum atomic E-state index is -0.411. The number of anilines is 4. The van der Waals surface area contributed by atoms with E-state index >= 15 is 0 Å². The normalized spacial score (nSPS) is 20.6. The zero-order valence-corrected chi connectivity index (χ0v) is 23.0. The Hall–Kier alpha value is -3.21. The average Bonchev–Trinajstić information content (AvgIpc) is 3.46. The number of aliphatic hydroxyl groups is 1. The SMILES string of the molecule is Cc1cc(Nc2nc(Nc3cc(C)c(C4CCN(C(=O)[C@H]5C[C@@H](O)CN5C)CC4)cc3C)ncc2Cl)n[nH]1. The van der Waals surface area contributed by atoms with Crippen molar-refractivity contribution in [2.75, 3.05) is 37.3 Å². The number of aromatic nitrogens is 4. The van der Waals surface area contributed by atoms with E-state index in [2.05, 4.69) is 56.8 Å². The van der Waals surface area contributed by atoms with E-state index in [1.165, 1.54) is 11.1 Å². The van der Waals surface area contributed by atoms with Gasteiger partial charge in [0.15, 0.2) is 11.6 Å². The van der Waals surface area contributed by atoms with Crippen molar-refractivity contribution in [1.82, 2.24) is 30.0 Å². The lowest BCUT2D eigenvalue weighted by molar-refractivity contribution is -0.136. The maximum Gasteiger partial charge on any atom is 0.240 e. The van der Waals surface area contributed by atoms with Gasteiger partial charge in [-0.2, -0.15) is 10.1 Å². The molecule has 4 heterocycles. The number of likely N-dealkylation sites (N-methyl/N-ethyl adjacent to an activating group) is 1. The molecule has 2 aliphatic rings. The summed E-state index contributed by atoms with van der Waals surface area (Å²) >= 11 is 6.31. The number of carbonyl (C=O) groups excluding carboxylic acids is 1. The Morgan fingerprint density at radius 3 is 2.55 bits per heavy atom. The van der Waals surface area contributed by atoms with Crippen molar-refractivity contribution in [2.45, 2.75) is 58.1 Å². The van der Waals surface area contributed by atoms with E-state index in [9.17, 15) is 9.90 Å². The Morgan fingerprint density at radius 1 is 1.13 bits per heavy atom. The van der Waals surface area contributed by atoms with Crippen LogP contribution in [0, 0.1) is 20.8 Å². The summed E-state index contributed by atoms with van der Waals surface area (Å²) in [5.74, 6) is 2.09. The van der Waals surface area contributed by atoms with Crippen molar-refractivity contribution >= 4 is 40.8 Å². The Balaban J connectivity index is 1.25. The Kier molecular flexibility index (Phi) is 7.56. The van der Waals surface area contributed by atoms with Gasteiger partial charge in [0.25, 0.3) is 0 Å². The number of nitrogens with one attached hydrogen (secondary N) is 3. The van der Waals surface area contributed by atoms with Gasteiger partial charge < -0.3 is 20.6 Å². The molecule has 2 fully saturated rings. The first-order chi connectivity index (χ1) is 18.2. The largest absolute Gasteiger partial charge is 0.392 e. The van der Waals surface area contributed by atoms with Crippen LogP contribution in [0.1, 0.15) is 47.6 Å². The molecule has 11 heteroatoms. The quantitative estimate of drug-likeness (QED) is 0.371. The highest BCUT2D eigenvalue weighted by molar-refractivity contribution is 6.32. The van der Waals surface area contributed by atoms with Gasteiger partial charge >= 0.3 is 0 Å². The second kappa shape index (κ2) is 10.9. The number of carbonyl (C=O) groups is 1. The van der Waals surface area contributed by atoms with E-state index in [0.717, 1.165) is 42.9 Å². The molecule has 2 aliphatic heterocycles. The van der Waals surface area contributed by atoms with Crippen molar-refractivity contribution in [3.05, 3.63) is 51.8 Å². The maximum absolute atomic E-state index is 13.0. The highest BCUT2D eigenvalue weighted by Crippen LogP contribution is 2.35. The number of aliphatic hydroxyl groups excluding tert-OH is 1. The molecule has 2 aromatic heterocycles. The molecule has 0 aliphatic carbocycles. The Bertz CT molecular complexity index is 1320. The lowest BCUT2D eigenvalue weighted by Gasteiger charge is -2.35. The predicted molar refractivity (Wildman–Crippen MR) is 148 cm³/mol. The number of nitrogens with zero attached hydrogens (tertiary/aromatic N) is 5. The highest BCUT2D eigenvalue weighted by atomic mass is 35.5. The third-order valence-corrected chi connectivity index (χ3v) is 7.89. The van der Waals surface area contributed by atoms with Crippen LogP contribution in [-0.2, 0) is 4.79 Å². The summed E-state index contributed by atoms with van der Waals surface area (Å²) in [6.07, 6.45) is 3.54. The van der Waals surface area contributed by atoms with Crippen LogP contribution in [0.4, 0.5) is 23.3 Å². The van der Waals surface area contributed by atoms with Gasteiger partial charge in [-0.05, 0) is 75.8 Å². The molecule has 2 atom stereocenters. The number of benzene rings is 1. The van der Waals surface area contributed by atoms with Gasteiger partial charge in [-0.1, -0.05) is 17.7 Å². The first kappa shape index (κ1) is 26.4. The molecule has 0 bridgehead atoms. The van der Waals surface area contributed by atoms with Crippen LogP contribution in [0.3, 0.4) is 0 Å². The minimum absolute atomic E-state index is 0.147. The van der Waals surface area contributed by atoms with Crippen LogP contribution < -0.4 is 10.6 Å². The van der Waals surface area contributed by atoms with E-state index < -0.39 is 6.10 Å². The molecule has 2 saturated heterocycles. The van der Waals surface area contributed by atoms with Gasteiger partial charge in [0, 0.05) is 37.1 Å². The van der Waals surface area contributed by atoms with Gasteiger partial charge in [-0.3, -0.25) is 14.8 Å². The molecule has 5 rings (SSSR count). The molecule has 0 unspecified atom stereocenters.